The quantitative estimate of drug-likeness (QED) is 0.707. The van der Waals surface area contributed by atoms with Gasteiger partial charge in [0, 0.05) is 25.2 Å². The van der Waals surface area contributed by atoms with Crippen molar-refractivity contribution in [2.24, 2.45) is 0 Å². The van der Waals surface area contributed by atoms with Crippen LogP contribution in [-0.2, 0) is 4.74 Å². The van der Waals surface area contributed by atoms with Gasteiger partial charge in [-0.1, -0.05) is 0 Å². The van der Waals surface area contributed by atoms with Crippen molar-refractivity contribution >= 4 is 0 Å². The van der Waals surface area contributed by atoms with Gasteiger partial charge in [-0.05, 0) is 32.7 Å². The highest BCUT2D eigenvalue weighted by molar-refractivity contribution is 4.78. The van der Waals surface area contributed by atoms with Crippen LogP contribution < -0.4 is 10.7 Å². The minimum Gasteiger partial charge on any atom is -0.379 e. The molecule has 15 heavy (non-hydrogen) atoms. The fourth-order valence-electron chi connectivity index (χ4n) is 2.44. The number of morpholine rings is 1. The van der Waals surface area contributed by atoms with E-state index in [0.29, 0.717) is 6.04 Å². The van der Waals surface area contributed by atoms with Gasteiger partial charge in [0.2, 0.25) is 0 Å². The highest BCUT2D eigenvalue weighted by Gasteiger charge is 2.19. The Kier molecular flexibility index (Phi) is 4.38. The molecule has 2 unspecified atom stereocenters. The summed E-state index contributed by atoms with van der Waals surface area (Å²) in [7, 11) is 0. The molecule has 4 heteroatoms. The number of hydrazine groups is 1. The van der Waals surface area contributed by atoms with E-state index in [0.717, 1.165) is 32.3 Å². The maximum Gasteiger partial charge on any atom is 0.0608 e. The average molecular weight is 213 g/mol. The van der Waals surface area contributed by atoms with E-state index in [1.165, 1.54) is 25.8 Å². The summed E-state index contributed by atoms with van der Waals surface area (Å²) in [6, 6.07) is 1.30. The van der Waals surface area contributed by atoms with Gasteiger partial charge >= 0.3 is 0 Å². The van der Waals surface area contributed by atoms with Crippen molar-refractivity contribution in [1.82, 2.24) is 15.8 Å². The van der Waals surface area contributed by atoms with Gasteiger partial charge in [0.25, 0.3) is 0 Å². The molecule has 0 bridgehead atoms. The van der Waals surface area contributed by atoms with E-state index in [-0.39, 0.29) is 0 Å². The van der Waals surface area contributed by atoms with Crippen molar-refractivity contribution in [2.75, 3.05) is 32.8 Å². The molecule has 2 aliphatic rings. The van der Waals surface area contributed by atoms with Crippen LogP contribution in [0.2, 0.25) is 0 Å². The van der Waals surface area contributed by atoms with E-state index in [1.807, 2.05) is 0 Å². The van der Waals surface area contributed by atoms with E-state index in [4.69, 9.17) is 4.74 Å². The lowest BCUT2D eigenvalue weighted by Gasteiger charge is -2.31. The zero-order chi connectivity index (χ0) is 10.5. The lowest BCUT2D eigenvalue weighted by atomic mass is 10.1. The smallest absolute Gasteiger partial charge is 0.0608 e. The number of rotatable bonds is 4. The zero-order valence-electron chi connectivity index (χ0n) is 9.67. The normalized spacial score (nSPS) is 30.6. The molecule has 0 aliphatic carbocycles. The van der Waals surface area contributed by atoms with Gasteiger partial charge in [-0.3, -0.25) is 5.43 Å². The van der Waals surface area contributed by atoms with Gasteiger partial charge in [0.15, 0.2) is 0 Å². The molecule has 0 aromatic rings. The molecular formula is C11H23N3O. The van der Waals surface area contributed by atoms with Crippen LogP contribution in [0.3, 0.4) is 0 Å². The third-order valence-electron chi connectivity index (χ3n) is 3.21. The summed E-state index contributed by atoms with van der Waals surface area (Å²) in [6.07, 6.45) is 3.92. The molecule has 0 aromatic heterocycles. The molecule has 0 radical (unpaired) electrons. The lowest BCUT2D eigenvalue weighted by molar-refractivity contribution is 0.00381. The van der Waals surface area contributed by atoms with Crippen LogP contribution in [0.4, 0.5) is 0 Å². The van der Waals surface area contributed by atoms with Crippen molar-refractivity contribution in [3.63, 3.8) is 0 Å². The molecule has 4 nitrogen and oxygen atoms in total. The zero-order valence-corrected chi connectivity index (χ0v) is 9.67. The van der Waals surface area contributed by atoms with Gasteiger partial charge in [0.05, 0.1) is 13.2 Å². The second-order valence-electron chi connectivity index (χ2n) is 4.66. The van der Waals surface area contributed by atoms with E-state index in [1.54, 1.807) is 0 Å². The van der Waals surface area contributed by atoms with Crippen LogP contribution in [0.15, 0.2) is 0 Å². The monoisotopic (exact) mass is 213 g/mol. The van der Waals surface area contributed by atoms with Crippen LogP contribution in [0.1, 0.15) is 26.2 Å². The molecule has 0 aromatic carbocycles. The predicted octanol–water partition coefficient (Wildman–Crippen LogP) is 0.354. The maximum absolute atomic E-state index is 5.32. The van der Waals surface area contributed by atoms with Crippen molar-refractivity contribution in [3.8, 4) is 0 Å². The topological polar surface area (TPSA) is 36.5 Å². The minimum absolute atomic E-state index is 0.568. The molecule has 0 saturated carbocycles. The molecule has 2 N–H and O–H groups in total. The van der Waals surface area contributed by atoms with Gasteiger partial charge in [-0.25, -0.2) is 5.01 Å². The van der Waals surface area contributed by atoms with E-state index in [9.17, 15) is 0 Å². The molecule has 0 amide bonds. The second-order valence-corrected chi connectivity index (χ2v) is 4.66. The fourth-order valence-corrected chi connectivity index (χ4v) is 2.44. The second kappa shape index (κ2) is 5.80. The molecule has 2 fully saturated rings. The molecule has 2 saturated heterocycles. The van der Waals surface area contributed by atoms with Crippen molar-refractivity contribution in [1.29, 1.82) is 0 Å². The van der Waals surface area contributed by atoms with E-state index in [2.05, 4.69) is 22.7 Å². The summed E-state index contributed by atoms with van der Waals surface area (Å²) < 4.78 is 5.32. The first-order chi connectivity index (χ1) is 7.34. The molecule has 88 valence electrons. The lowest BCUT2D eigenvalue weighted by Crippen LogP contribution is -2.50. The van der Waals surface area contributed by atoms with E-state index < -0.39 is 0 Å². The summed E-state index contributed by atoms with van der Waals surface area (Å²) in [6.45, 7) is 7.23. The molecule has 2 atom stereocenters. The van der Waals surface area contributed by atoms with Crippen LogP contribution in [0, 0.1) is 0 Å². The number of hydrogen-bond donors (Lipinski definition) is 2. The number of ether oxygens (including phenoxy) is 1. The van der Waals surface area contributed by atoms with Crippen molar-refractivity contribution in [2.45, 2.75) is 38.3 Å². The van der Waals surface area contributed by atoms with Gasteiger partial charge < -0.3 is 10.1 Å². The molecule has 2 rings (SSSR count). The Morgan fingerprint density at radius 1 is 1.47 bits per heavy atom. The summed E-state index contributed by atoms with van der Waals surface area (Å²) in [4.78, 5) is 0. The Morgan fingerprint density at radius 2 is 2.27 bits per heavy atom. The van der Waals surface area contributed by atoms with Gasteiger partial charge in [-0.2, -0.15) is 0 Å². The van der Waals surface area contributed by atoms with Crippen LogP contribution in [0.5, 0.6) is 0 Å². The first-order valence-corrected chi connectivity index (χ1v) is 6.17. The number of nitrogens with zero attached hydrogens (tertiary/aromatic N) is 1. The fraction of sp³-hybridized carbons (Fsp3) is 1.00. The first kappa shape index (κ1) is 11.3. The molecule has 2 aliphatic heterocycles. The standard InChI is InChI=1S/C11H23N3O/c1-10(9-11-3-2-4-12-11)13-14-5-7-15-8-6-14/h10-13H,2-9H2,1H3. The van der Waals surface area contributed by atoms with Crippen LogP contribution in [-0.4, -0.2) is 49.9 Å². The van der Waals surface area contributed by atoms with E-state index >= 15 is 0 Å². The van der Waals surface area contributed by atoms with Crippen molar-refractivity contribution in [3.05, 3.63) is 0 Å². The Balaban J connectivity index is 1.64. The summed E-state index contributed by atoms with van der Waals surface area (Å²) >= 11 is 0. The summed E-state index contributed by atoms with van der Waals surface area (Å²) in [5, 5.41) is 5.84. The first-order valence-electron chi connectivity index (χ1n) is 6.17. The highest BCUT2D eigenvalue weighted by atomic mass is 16.5. The number of nitrogens with one attached hydrogen (secondary N) is 2. The van der Waals surface area contributed by atoms with Gasteiger partial charge in [0.1, 0.15) is 0 Å². The third-order valence-corrected chi connectivity index (χ3v) is 3.21. The Labute approximate surface area is 92.3 Å². The van der Waals surface area contributed by atoms with Crippen molar-refractivity contribution < 1.29 is 4.74 Å². The third kappa shape index (κ3) is 3.72. The van der Waals surface area contributed by atoms with Crippen LogP contribution in [0.25, 0.3) is 0 Å². The number of hydrogen-bond acceptors (Lipinski definition) is 4. The average Bonchev–Trinajstić information content (AvgIpc) is 2.71. The highest BCUT2D eigenvalue weighted by Crippen LogP contribution is 2.11. The van der Waals surface area contributed by atoms with Crippen LogP contribution >= 0.6 is 0 Å². The molecule has 0 spiro atoms. The summed E-state index contributed by atoms with van der Waals surface area (Å²) in [5.74, 6) is 0. The Morgan fingerprint density at radius 3 is 2.93 bits per heavy atom. The SMILES string of the molecule is CC(CC1CCCN1)NN1CCOCC1. The summed E-state index contributed by atoms with van der Waals surface area (Å²) in [5.41, 5.74) is 3.56. The minimum atomic E-state index is 0.568. The van der Waals surface area contributed by atoms with Gasteiger partial charge in [-0.15, -0.1) is 0 Å². The Bertz CT molecular complexity index is 177. The molecular weight excluding hydrogens is 190 g/mol. The largest absolute Gasteiger partial charge is 0.379 e. The molecule has 2 heterocycles. The predicted molar refractivity (Wildman–Crippen MR) is 60.6 cm³/mol. The maximum atomic E-state index is 5.32. The Hall–Kier alpha value is -0.160.